The summed E-state index contributed by atoms with van der Waals surface area (Å²) < 4.78 is 7.16. The topological polar surface area (TPSA) is 36.8 Å². The van der Waals surface area contributed by atoms with Crippen LogP contribution >= 0.6 is 0 Å². The number of likely N-dealkylation sites (tertiary alicyclic amines) is 2. The van der Waals surface area contributed by atoms with Gasteiger partial charge in [-0.15, -0.1) is 0 Å². The first kappa shape index (κ1) is 20.8. The van der Waals surface area contributed by atoms with Crippen LogP contribution in [0.2, 0.25) is 0 Å². The van der Waals surface area contributed by atoms with Gasteiger partial charge < -0.3 is 9.64 Å². The van der Waals surface area contributed by atoms with E-state index in [4.69, 9.17) is 4.74 Å². The molecule has 3 rings (SSSR count). The first-order chi connectivity index (χ1) is 13.2. The van der Waals surface area contributed by atoms with E-state index < -0.39 is 0 Å². The lowest BCUT2D eigenvalue weighted by Gasteiger charge is -2.36. The molecule has 1 aromatic rings. The number of likely N-dealkylation sites (N-methyl/N-ethyl adjacent to an activating group) is 1. The van der Waals surface area contributed by atoms with Crippen molar-refractivity contribution < 1.29 is 4.74 Å². The van der Waals surface area contributed by atoms with Crippen LogP contribution in [0.4, 0.5) is 0 Å². The monoisotopic (exact) mass is 377 g/mol. The van der Waals surface area contributed by atoms with Crippen LogP contribution in [-0.4, -0.2) is 90.1 Å². The van der Waals surface area contributed by atoms with Gasteiger partial charge in [0, 0.05) is 58.1 Å². The van der Waals surface area contributed by atoms with Crippen LogP contribution in [0.25, 0.3) is 0 Å². The first-order valence-corrected chi connectivity index (χ1v) is 10.8. The van der Waals surface area contributed by atoms with Crippen LogP contribution < -0.4 is 0 Å². The summed E-state index contributed by atoms with van der Waals surface area (Å²) in [6.45, 7) is 12.6. The minimum absolute atomic E-state index is 0.730. The molecule has 2 saturated heterocycles. The fourth-order valence-corrected chi connectivity index (χ4v) is 4.81. The normalized spacial score (nSPS) is 22.9. The van der Waals surface area contributed by atoms with Gasteiger partial charge in [0.25, 0.3) is 0 Å². The molecular formula is C21H39N5O. The summed E-state index contributed by atoms with van der Waals surface area (Å²) in [7, 11) is 3.81. The third-order valence-corrected chi connectivity index (χ3v) is 6.37. The van der Waals surface area contributed by atoms with Gasteiger partial charge in [0.05, 0.1) is 12.8 Å². The van der Waals surface area contributed by atoms with Gasteiger partial charge in [0.2, 0.25) is 0 Å². The second-order valence-electron chi connectivity index (χ2n) is 8.42. The van der Waals surface area contributed by atoms with Crippen molar-refractivity contribution in [3.8, 4) is 0 Å². The average molecular weight is 378 g/mol. The van der Waals surface area contributed by atoms with E-state index in [0.717, 1.165) is 31.7 Å². The molecule has 0 spiro atoms. The van der Waals surface area contributed by atoms with Crippen LogP contribution in [-0.2, 0) is 18.3 Å². The standard InChI is InChI=1S/C21H39N5O/c1-4-26-9-5-6-21(26)18-25(17-20-14-22-23(2)15-20)16-19-7-10-24(11-8-19)12-13-27-3/h14-15,19,21H,4-13,16-18H2,1-3H3. The highest BCUT2D eigenvalue weighted by molar-refractivity contribution is 5.03. The lowest BCUT2D eigenvalue weighted by molar-refractivity contribution is 0.0964. The molecule has 1 aromatic heterocycles. The molecule has 0 aliphatic carbocycles. The van der Waals surface area contributed by atoms with E-state index in [2.05, 4.69) is 32.9 Å². The third kappa shape index (κ3) is 6.28. The molecule has 0 amide bonds. The summed E-state index contributed by atoms with van der Waals surface area (Å²) in [6.07, 6.45) is 9.55. The van der Waals surface area contributed by atoms with E-state index in [0.29, 0.717) is 0 Å². The van der Waals surface area contributed by atoms with E-state index >= 15 is 0 Å². The molecule has 27 heavy (non-hydrogen) atoms. The predicted molar refractivity (Wildman–Crippen MR) is 110 cm³/mol. The summed E-state index contributed by atoms with van der Waals surface area (Å²) in [5, 5.41) is 4.38. The number of aromatic nitrogens is 2. The SMILES string of the molecule is CCN1CCCC1CN(Cc1cnn(C)c1)CC1CCN(CCOC)CC1. The zero-order valence-corrected chi connectivity index (χ0v) is 17.6. The molecule has 2 aliphatic rings. The Balaban J connectivity index is 1.54. The number of hydrogen-bond donors (Lipinski definition) is 0. The number of hydrogen-bond acceptors (Lipinski definition) is 5. The number of rotatable bonds is 10. The molecule has 154 valence electrons. The molecule has 0 aromatic carbocycles. The number of piperidine rings is 1. The number of aryl methyl sites for hydroxylation is 1. The summed E-state index contributed by atoms with van der Waals surface area (Å²) in [5.41, 5.74) is 1.34. The third-order valence-electron chi connectivity index (χ3n) is 6.37. The Morgan fingerprint density at radius 3 is 2.67 bits per heavy atom. The lowest BCUT2D eigenvalue weighted by Crippen LogP contribution is -2.44. The molecule has 1 atom stereocenters. The molecule has 0 saturated carbocycles. The first-order valence-electron chi connectivity index (χ1n) is 10.8. The molecule has 0 bridgehead atoms. The number of methoxy groups -OCH3 is 1. The van der Waals surface area contributed by atoms with Crippen LogP contribution in [0.15, 0.2) is 12.4 Å². The Kier molecular flexibility index (Phi) is 8.12. The van der Waals surface area contributed by atoms with Crippen molar-refractivity contribution in [2.75, 3.05) is 59.5 Å². The maximum atomic E-state index is 5.24. The molecule has 1 unspecified atom stereocenters. The van der Waals surface area contributed by atoms with Crippen LogP contribution in [0, 0.1) is 5.92 Å². The van der Waals surface area contributed by atoms with Crippen molar-refractivity contribution in [1.82, 2.24) is 24.5 Å². The van der Waals surface area contributed by atoms with Crippen molar-refractivity contribution in [1.29, 1.82) is 0 Å². The minimum Gasteiger partial charge on any atom is -0.383 e. The Hall–Kier alpha value is -0.950. The fourth-order valence-electron chi connectivity index (χ4n) is 4.81. The highest BCUT2D eigenvalue weighted by atomic mass is 16.5. The molecule has 2 fully saturated rings. The summed E-state index contributed by atoms with van der Waals surface area (Å²) in [6, 6.07) is 0.730. The minimum atomic E-state index is 0.730. The Bertz CT molecular complexity index is 540. The quantitative estimate of drug-likeness (QED) is 0.624. The van der Waals surface area contributed by atoms with E-state index in [1.54, 1.807) is 7.11 Å². The lowest BCUT2D eigenvalue weighted by atomic mass is 9.95. The summed E-state index contributed by atoms with van der Waals surface area (Å²) >= 11 is 0. The average Bonchev–Trinajstić information content (AvgIpc) is 3.29. The summed E-state index contributed by atoms with van der Waals surface area (Å²) in [5.74, 6) is 0.817. The highest BCUT2D eigenvalue weighted by Crippen LogP contribution is 2.23. The molecule has 0 N–H and O–H groups in total. The van der Waals surface area contributed by atoms with Gasteiger partial charge in [-0.2, -0.15) is 5.10 Å². The van der Waals surface area contributed by atoms with Crippen molar-refractivity contribution >= 4 is 0 Å². The van der Waals surface area contributed by atoms with E-state index in [1.165, 1.54) is 70.5 Å². The molecule has 6 heteroatoms. The molecule has 2 aliphatic heterocycles. The maximum Gasteiger partial charge on any atom is 0.0589 e. The number of nitrogens with zero attached hydrogens (tertiary/aromatic N) is 5. The zero-order valence-electron chi connectivity index (χ0n) is 17.6. The molecule has 3 heterocycles. The second-order valence-corrected chi connectivity index (χ2v) is 8.42. The van der Waals surface area contributed by atoms with Crippen molar-refractivity contribution in [2.24, 2.45) is 13.0 Å². The molecule has 0 radical (unpaired) electrons. The van der Waals surface area contributed by atoms with Crippen molar-refractivity contribution in [3.63, 3.8) is 0 Å². The number of ether oxygens (including phenoxy) is 1. The second kappa shape index (κ2) is 10.6. The van der Waals surface area contributed by atoms with E-state index in [-0.39, 0.29) is 0 Å². The van der Waals surface area contributed by atoms with E-state index in [9.17, 15) is 0 Å². The van der Waals surface area contributed by atoms with Crippen molar-refractivity contribution in [2.45, 2.75) is 45.2 Å². The van der Waals surface area contributed by atoms with Gasteiger partial charge in [0.15, 0.2) is 0 Å². The summed E-state index contributed by atoms with van der Waals surface area (Å²) in [4.78, 5) is 7.94. The van der Waals surface area contributed by atoms with Crippen LogP contribution in [0.5, 0.6) is 0 Å². The molecular weight excluding hydrogens is 338 g/mol. The zero-order chi connectivity index (χ0) is 19.1. The Morgan fingerprint density at radius 2 is 2.00 bits per heavy atom. The maximum absolute atomic E-state index is 5.24. The van der Waals surface area contributed by atoms with E-state index in [1.807, 2.05) is 17.9 Å². The van der Waals surface area contributed by atoms with Gasteiger partial charge in [-0.25, -0.2) is 0 Å². The fraction of sp³-hybridized carbons (Fsp3) is 0.857. The van der Waals surface area contributed by atoms with Crippen LogP contribution in [0.3, 0.4) is 0 Å². The van der Waals surface area contributed by atoms with Gasteiger partial charge in [0.1, 0.15) is 0 Å². The Morgan fingerprint density at radius 1 is 1.19 bits per heavy atom. The predicted octanol–water partition coefficient (Wildman–Crippen LogP) is 2.06. The Labute approximate surface area is 165 Å². The largest absolute Gasteiger partial charge is 0.383 e. The van der Waals surface area contributed by atoms with Crippen LogP contribution in [0.1, 0.15) is 38.2 Å². The van der Waals surface area contributed by atoms with Gasteiger partial charge in [-0.3, -0.25) is 14.5 Å². The smallest absolute Gasteiger partial charge is 0.0589 e. The van der Waals surface area contributed by atoms with Gasteiger partial charge in [-0.05, 0) is 57.8 Å². The highest BCUT2D eigenvalue weighted by Gasteiger charge is 2.27. The van der Waals surface area contributed by atoms with Crippen molar-refractivity contribution in [3.05, 3.63) is 18.0 Å². The van der Waals surface area contributed by atoms with Gasteiger partial charge >= 0.3 is 0 Å². The molecule has 6 nitrogen and oxygen atoms in total. The van der Waals surface area contributed by atoms with Gasteiger partial charge in [-0.1, -0.05) is 6.92 Å².